The van der Waals surface area contributed by atoms with Gasteiger partial charge in [0.2, 0.25) is 5.28 Å². The lowest BCUT2D eigenvalue weighted by Crippen LogP contribution is -2.02. The van der Waals surface area contributed by atoms with Crippen molar-refractivity contribution in [3.8, 4) is 0 Å². The number of nitrogens with zero attached hydrogens (tertiary/aromatic N) is 3. The van der Waals surface area contributed by atoms with Crippen LogP contribution < -0.4 is 5.32 Å². The Labute approximate surface area is 114 Å². The zero-order valence-corrected chi connectivity index (χ0v) is 11.0. The minimum absolute atomic E-state index is 0.0334. The molecule has 0 aliphatic heterocycles. The zero-order valence-electron chi connectivity index (χ0n) is 9.52. The first kappa shape index (κ1) is 13.0. The van der Waals surface area contributed by atoms with Gasteiger partial charge in [-0.15, -0.1) is 10.2 Å². The molecule has 1 aromatic carbocycles. The quantitative estimate of drug-likeness (QED) is 0.935. The highest BCUT2D eigenvalue weighted by molar-refractivity contribution is 6.32. The third-order valence-corrected chi connectivity index (χ3v) is 2.60. The Morgan fingerprint density at radius 3 is 2.78 bits per heavy atom. The van der Waals surface area contributed by atoms with Crippen LogP contribution in [-0.2, 0) is 11.3 Å². The maximum atomic E-state index is 5.89. The lowest BCUT2D eigenvalue weighted by molar-refractivity contribution is 0.185. The molecule has 0 amide bonds. The summed E-state index contributed by atoms with van der Waals surface area (Å²) < 4.78 is 5.11. The summed E-state index contributed by atoms with van der Waals surface area (Å²) >= 11 is 11.6. The van der Waals surface area contributed by atoms with Crippen LogP contribution in [0.2, 0.25) is 10.4 Å². The SMILES string of the molecule is COCc1ccccc1Nc1nc(Cl)nnc1Cl. The van der Waals surface area contributed by atoms with Gasteiger partial charge >= 0.3 is 0 Å². The van der Waals surface area contributed by atoms with Crippen molar-refractivity contribution < 1.29 is 4.74 Å². The maximum absolute atomic E-state index is 5.89. The zero-order chi connectivity index (χ0) is 13.0. The summed E-state index contributed by atoms with van der Waals surface area (Å²) in [4.78, 5) is 3.98. The van der Waals surface area contributed by atoms with E-state index in [1.807, 2.05) is 24.3 Å². The van der Waals surface area contributed by atoms with E-state index in [9.17, 15) is 0 Å². The number of anilines is 2. The molecule has 0 unspecified atom stereocenters. The number of halogens is 2. The summed E-state index contributed by atoms with van der Waals surface area (Å²) in [6, 6.07) is 7.65. The van der Waals surface area contributed by atoms with Crippen LogP contribution in [-0.4, -0.2) is 22.3 Å². The number of aromatic nitrogens is 3. The van der Waals surface area contributed by atoms with Gasteiger partial charge in [-0.05, 0) is 17.7 Å². The topological polar surface area (TPSA) is 59.9 Å². The predicted octanol–water partition coefficient (Wildman–Crippen LogP) is 3.07. The van der Waals surface area contributed by atoms with Crippen molar-refractivity contribution in [2.75, 3.05) is 12.4 Å². The Hall–Kier alpha value is -1.43. The molecule has 7 heteroatoms. The number of benzene rings is 1. The van der Waals surface area contributed by atoms with E-state index in [2.05, 4.69) is 20.5 Å². The van der Waals surface area contributed by atoms with Crippen LogP contribution in [0.15, 0.2) is 24.3 Å². The molecular weight excluding hydrogens is 275 g/mol. The van der Waals surface area contributed by atoms with E-state index < -0.39 is 0 Å². The Bertz CT molecular complexity index is 550. The minimum Gasteiger partial charge on any atom is -0.380 e. The number of methoxy groups -OCH3 is 1. The lowest BCUT2D eigenvalue weighted by Gasteiger charge is -2.11. The summed E-state index contributed by atoms with van der Waals surface area (Å²) in [5.41, 5.74) is 1.81. The number of nitrogens with one attached hydrogen (secondary N) is 1. The van der Waals surface area contributed by atoms with E-state index >= 15 is 0 Å². The van der Waals surface area contributed by atoms with E-state index in [1.54, 1.807) is 7.11 Å². The van der Waals surface area contributed by atoms with Crippen molar-refractivity contribution in [1.29, 1.82) is 0 Å². The first-order chi connectivity index (χ1) is 8.70. The molecule has 18 heavy (non-hydrogen) atoms. The number of hydrogen-bond acceptors (Lipinski definition) is 5. The van der Waals surface area contributed by atoms with E-state index in [0.717, 1.165) is 11.3 Å². The summed E-state index contributed by atoms with van der Waals surface area (Å²) in [5.74, 6) is 0.361. The molecule has 0 bridgehead atoms. The van der Waals surface area contributed by atoms with Crippen molar-refractivity contribution >= 4 is 34.7 Å². The largest absolute Gasteiger partial charge is 0.380 e. The van der Waals surface area contributed by atoms with E-state index in [-0.39, 0.29) is 10.4 Å². The van der Waals surface area contributed by atoms with E-state index in [0.29, 0.717) is 12.4 Å². The van der Waals surface area contributed by atoms with Crippen molar-refractivity contribution in [1.82, 2.24) is 15.2 Å². The van der Waals surface area contributed by atoms with Crippen LogP contribution in [0.25, 0.3) is 0 Å². The molecule has 1 aromatic heterocycles. The summed E-state index contributed by atoms with van der Waals surface area (Å²) in [7, 11) is 1.63. The third kappa shape index (κ3) is 3.07. The Morgan fingerprint density at radius 1 is 1.22 bits per heavy atom. The standard InChI is InChI=1S/C11H10Cl2N4O/c1-18-6-7-4-2-3-5-8(7)14-10-9(12)16-17-11(13)15-10/h2-5H,6H2,1H3,(H,14,15,17). The van der Waals surface area contributed by atoms with Crippen LogP contribution in [0.5, 0.6) is 0 Å². The van der Waals surface area contributed by atoms with E-state index in [4.69, 9.17) is 27.9 Å². The van der Waals surface area contributed by atoms with Gasteiger partial charge in [-0.1, -0.05) is 29.8 Å². The molecule has 2 rings (SSSR count). The molecule has 94 valence electrons. The number of para-hydroxylation sites is 1. The Morgan fingerprint density at radius 2 is 2.00 bits per heavy atom. The second-order valence-electron chi connectivity index (χ2n) is 3.44. The summed E-state index contributed by atoms with van der Waals surface area (Å²) in [6.07, 6.45) is 0. The van der Waals surface area contributed by atoms with Gasteiger partial charge < -0.3 is 10.1 Å². The number of ether oxygens (including phenoxy) is 1. The van der Waals surface area contributed by atoms with Gasteiger partial charge in [0.15, 0.2) is 11.0 Å². The second kappa shape index (κ2) is 5.95. The van der Waals surface area contributed by atoms with Gasteiger partial charge in [-0.25, -0.2) is 0 Å². The fraction of sp³-hybridized carbons (Fsp3) is 0.182. The first-order valence-corrected chi connectivity index (χ1v) is 5.86. The molecule has 0 aliphatic rings. The second-order valence-corrected chi connectivity index (χ2v) is 4.13. The van der Waals surface area contributed by atoms with Crippen LogP contribution in [0, 0.1) is 0 Å². The molecule has 0 spiro atoms. The monoisotopic (exact) mass is 284 g/mol. The predicted molar refractivity (Wildman–Crippen MR) is 70.3 cm³/mol. The Balaban J connectivity index is 2.30. The van der Waals surface area contributed by atoms with Crippen molar-refractivity contribution in [2.45, 2.75) is 6.61 Å². The number of rotatable bonds is 4. The molecule has 1 heterocycles. The van der Waals surface area contributed by atoms with Crippen molar-refractivity contribution in [3.05, 3.63) is 40.3 Å². The average molecular weight is 285 g/mol. The third-order valence-electron chi connectivity index (χ3n) is 2.19. The minimum atomic E-state index is 0.0334. The molecular formula is C11H10Cl2N4O. The van der Waals surface area contributed by atoms with Crippen molar-refractivity contribution in [3.63, 3.8) is 0 Å². The van der Waals surface area contributed by atoms with Crippen LogP contribution in [0.3, 0.4) is 0 Å². The first-order valence-electron chi connectivity index (χ1n) is 5.10. The highest BCUT2D eigenvalue weighted by atomic mass is 35.5. The maximum Gasteiger partial charge on any atom is 0.245 e. The molecule has 0 saturated heterocycles. The van der Waals surface area contributed by atoms with Crippen LogP contribution in [0.1, 0.15) is 5.56 Å². The smallest absolute Gasteiger partial charge is 0.245 e. The lowest BCUT2D eigenvalue weighted by atomic mass is 10.2. The van der Waals surface area contributed by atoms with Crippen molar-refractivity contribution in [2.24, 2.45) is 0 Å². The van der Waals surface area contributed by atoms with Gasteiger partial charge in [0.25, 0.3) is 0 Å². The average Bonchev–Trinajstić information content (AvgIpc) is 2.36. The summed E-state index contributed by atoms with van der Waals surface area (Å²) in [5, 5.41) is 10.5. The highest BCUT2D eigenvalue weighted by Crippen LogP contribution is 2.24. The van der Waals surface area contributed by atoms with Gasteiger partial charge in [0.1, 0.15) is 0 Å². The fourth-order valence-electron chi connectivity index (χ4n) is 1.42. The van der Waals surface area contributed by atoms with E-state index in [1.165, 1.54) is 0 Å². The fourth-order valence-corrected chi connectivity index (χ4v) is 1.67. The Kier molecular flexibility index (Phi) is 4.30. The molecule has 0 saturated carbocycles. The van der Waals surface area contributed by atoms with Gasteiger partial charge in [0, 0.05) is 18.4 Å². The van der Waals surface area contributed by atoms with Crippen LogP contribution >= 0.6 is 23.2 Å². The highest BCUT2D eigenvalue weighted by Gasteiger charge is 2.08. The van der Waals surface area contributed by atoms with Gasteiger partial charge in [0.05, 0.1) is 6.61 Å². The van der Waals surface area contributed by atoms with Crippen LogP contribution in [0.4, 0.5) is 11.5 Å². The molecule has 1 N–H and O–H groups in total. The van der Waals surface area contributed by atoms with Gasteiger partial charge in [-0.3, -0.25) is 0 Å². The van der Waals surface area contributed by atoms with Gasteiger partial charge in [-0.2, -0.15) is 4.98 Å². The molecule has 0 atom stereocenters. The summed E-state index contributed by atoms with van der Waals surface area (Å²) in [6.45, 7) is 0.479. The molecule has 0 radical (unpaired) electrons. The normalized spacial score (nSPS) is 10.4. The molecule has 0 fully saturated rings. The molecule has 5 nitrogen and oxygen atoms in total. The molecule has 0 aliphatic carbocycles. The number of hydrogen-bond donors (Lipinski definition) is 1. The molecule has 2 aromatic rings.